The highest BCUT2D eigenvalue weighted by molar-refractivity contribution is 5.73. The van der Waals surface area contributed by atoms with Crippen LogP contribution in [-0.2, 0) is 4.74 Å². The lowest BCUT2D eigenvalue weighted by atomic mass is 10.00. The Morgan fingerprint density at radius 3 is 2.32 bits per heavy atom. The van der Waals surface area contributed by atoms with Gasteiger partial charge in [0.25, 0.3) is 6.10 Å². The number of hydrogen-bond donors (Lipinski definition) is 1. The van der Waals surface area contributed by atoms with Gasteiger partial charge in [0, 0.05) is 5.56 Å². The maximum Gasteiger partial charge on any atom is 0.511 e. The quantitative estimate of drug-likeness (QED) is 0.619. The summed E-state index contributed by atoms with van der Waals surface area (Å²) >= 11 is 0. The monoisotopic (exact) mass is 354 g/mol. The number of carboxylic acid groups (broad SMARTS) is 1. The molecule has 0 spiro atoms. The van der Waals surface area contributed by atoms with E-state index in [2.05, 4.69) is 4.74 Å². The molecule has 0 fully saturated rings. The summed E-state index contributed by atoms with van der Waals surface area (Å²) < 4.78 is 61.2. The van der Waals surface area contributed by atoms with E-state index < -0.39 is 30.0 Å². The average Bonchev–Trinajstić information content (AvgIpc) is 2.53. The van der Waals surface area contributed by atoms with Crippen molar-refractivity contribution < 1.29 is 36.9 Å². The van der Waals surface area contributed by atoms with Crippen molar-refractivity contribution in [3.8, 4) is 16.9 Å². The van der Waals surface area contributed by atoms with Crippen molar-refractivity contribution in [3.63, 3.8) is 0 Å². The summed E-state index contributed by atoms with van der Waals surface area (Å²) in [5.74, 6) is -1.36. The van der Waals surface area contributed by atoms with Crippen LogP contribution in [0.2, 0.25) is 0 Å². The van der Waals surface area contributed by atoms with E-state index >= 15 is 0 Å². The van der Waals surface area contributed by atoms with Crippen LogP contribution in [0.25, 0.3) is 17.2 Å². The second kappa shape index (κ2) is 6.12. The van der Waals surface area contributed by atoms with Gasteiger partial charge in [0.2, 0.25) is 0 Å². The van der Waals surface area contributed by atoms with Gasteiger partial charge in [0.1, 0.15) is 11.6 Å². The molecule has 0 saturated carbocycles. The molecular formula is C17H10F4O4. The fourth-order valence-electron chi connectivity index (χ4n) is 2.42. The summed E-state index contributed by atoms with van der Waals surface area (Å²) in [7, 11) is 0. The largest absolute Gasteiger partial charge is 0.511 e. The van der Waals surface area contributed by atoms with Gasteiger partial charge < -0.3 is 14.6 Å². The van der Waals surface area contributed by atoms with Gasteiger partial charge in [0.05, 0.1) is 0 Å². The van der Waals surface area contributed by atoms with Crippen LogP contribution in [0.4, 0.5) is 22.4 Å². The Bertz CT molecular complexity index is 841. The molecule has 8 heteroatoms. The molecule has 2 aromatic rings. The highest BCUT2D eigenvalue weighted by Gasteiger charge is 2.48. The number of carbonyl (C=O) groups is 1. The van der Waals surface area contributed by atoms with Gasteiger partial charge in [-0.2, -0.15) is 13.2 Å². The molecule has 0 bridgehead atoms. The zero-order valence-corrected chi connectivity index (χ0v) is 12.4. The first-order chi connectivity index (χ1) is 11.7. The van der Waals surface area contributed by atoms with E-state index in [0.29, 0.717) is 11.1 Å². The second-order valence-corrected chi connectivity index (χ2v) is 5.21. The lowest BCUT2D eigenvalue weighted by molar-refractivity contribution is -0.191. The molecule has 1 heterocycles. The molecule has 3 rings (SSSR count). The van der Waals surface area contributed by atoms with E-state index in [9.17, 15) is 22.4 Å². The number of halogens is 4. The van der Waals surface area contributed by atoms with Crippen LogP contribution in [0.3, 0.4) is 0 Å². The van der Waals surface area contributed by atoms with Crippen molar-refractivity contribution in [1.82, 2.24) is 0 Å². The third-order valence-corrected chi connectivity index (χ3v) is 3.49. The Morgan fingerprint density at radius 1 is 1.08 bits per heavy atom. The first kappa shape index (κ1) is 16.8. The van der Waals surface area contributed by atoms with E-state index in [1.165, 1.54) is 42.5 Å². The summed E-state index contributed by atoms with van der Waals surface area (Å²) in [5.41, 5.74) is 1.45. The Kier molecular flexibility index (Phi) is 4.12. The van der Waals surface area contributed by atoms with Crippen molar-refractivity contribution in [3.05, 3.63) is 59.6 Å². The van der Waals surface area contributed by atoms with Crippen LogP contribution >= 0.6 is 0 Å². The molecule has 25 heavy (non-hydrogen) atoms. The summed E-state index contributed by atoms with van der Waals surface area (Å²) in [5, 5.41) is 8.63. The topological polar surface area (TPSA) is 55.8 Å². The number of rotatable bonds is 2. The number of hydrogen-bond acceptors (Lipinski definition) is 3. The number of fused-ring (bicyclic) bond motifs is 1. The van der Waals surface area contributed by atoms with Gasteiger partial charge in [-0.05, 0) is 41.5 Å². The van der Waals surface area contributed by atoms with Crippen LogP contribution in [0.5, 0.6) is 5.75 Å². The fraction of sp³-hybridized carbons (Fsp3) is 0.118. The molecule has 4 nitrogen and oxygen atoms in total. The third-order valence-electron chi connectivity index (χ3n) is 3.49. The predicted molar refractivity (Wildman–Crippen MR) is 79.4 cm³/mol. The maximum atomic E-state index is 13.0. The van der Waals surface area contributed by atoms with E-state index in [0.717, 1.165) is 6.08 Å². The van der Waals surface area contributed by atoms with E-state index in [4.69, 9.17) is 9.84 Å². The minimum atomic E-state index is -4.84. The third kappa shape index (κ3) is 3.57. The Balaban J connectivity index is 2.03. The smallest absolute Gasteiger partial charge is 0.472 e. The van der Waals surface area contributed by atoms with Crippen molar-refractivity contribution in [2.24, 2.45) is 0 Å². The van der Waals surface area contributed by atoms with Gasteiger partial charge in [-0.25, -0.2) is 9.18 Å². The minimum Gasteiger partial charge on any atom is -0.472 e. The highest BCUT2D eigenvalue weighted by Crippen LogP contribution is 2.39. The molecule has 1 unspecified atom stereocenters. The van der Waals surface area contributed by atoms with Gasteiger partial charge in [0.15, 0.2) is 5.76 Å². The number of benzene rings is 2. The number of ether oxygens (including phenoxy) is 2. The zero-order chi connectivity index (χ0) is 18.2. The lowest BCUT2D eigenvalue weighted by Crippen LogP contribution is -2.39. The molecule has 1 aliphatic rings. The van der Waals surface area contributed by atoms with Crippen LogP contribution in [-0.4, -0.2) is 23.5 Å². The summed E-state index contributed by atoms with van der Waals surface area (Å²) in [6, 6.07) is 9.88. The van der Waals surface area contributed by atoms with E-state index in [1.807, 2.05) is 0 Å². The molecule has 0 radical (unpaired) electrons. The standard InChI is InChI=1S/C17H10F4O4/c18-12-4-1-9(2-5-12)10-3-6-13-11(7-10)8-14(25-16(22)23)15(24-13)17(19,20)21/h1-8,15H,(H,22,23). The second-order valence-electron chi connectivity index (χ2n) is 5.21. The summed E-state index contributed by atoms with van der Waals surface area (Å²) in [4.78, 5) is 10.7. The molecule has 1 N–H and O–H groups in total. The van der Waals surface area contributed by atoms with Crippen LogP contribution in [0.1, 0.15) is 5.56 Å². The van der Waals surface area contributed by atoms with Gasteiger partial charge in [-0.15, -0.1) is 0 Å². The predicted octanol–water partition coefficient (Wildman–Crippen LogP) is 4.85. The molecule has 0 saturated heterocycles. The Hall–Kier alpha value is -3.03. The van der Waals surface area contributed by atoms with Crippen molar-refractivity contribution in [2.45, 2.75) is 12.3 Å². The number of alkyl halides is 3. The summed E-state index contributed by atoms with van der Waals surface area (Å²) in [6.45, 7) is 0. The van der Waals surface area contributed by atoms with Crippen molar-refractivity contribution in [1.29, 1.82) is 0 Å². The average molecular weight is 354 g/mol. The highest BCUT2D eigenvalue weighted by atomic mass is 19.4. The molecule has 0 amide bonds. The van der Waals surface area contributed by atoms with E-state index in [1.54, 1.807) is 0 Å². The Labute approximate surface area is 138 Å². The molecule has 0 aliphatic carbocycles. The fourth-order valence-corrected chi connectivity index (χ4v) is 2.42. The van der Waals surface area contributed by atoms with Gasteiger partial charge >= 0.3 is 12.3 Å². The van der Waals surface area contributed by atoms with E-state index in [-0.39, 0.29) is 11.3 Å². The van der Waals surface area contributed by atoms with Gasteiger partial charge in [-0.1, -0.05) is 18.2 Å². The van der Waals surface area contributed by atoms with Crippen LogP contribution in [0.15, 0.2) is 48.2 Å². The molecule has 1 atom stereocenters. The minimum absolute atomic E-state index is 0.0640. The first-order valence-electron chi connectivity index (χ1n) is 7.00. The zero-order valence-electron chi connectivity index (χ0n) is 12.4. The molecule has 1 aliphatic heterocycles. The van der Waals surface area contributed by atoms with Crippen LogP contribution in [0, 0.1) is 5.82 Å². The molecule has 130 valence electrons. The molecular weight excluding hydrogens is 344 g/mol. The normalized spacial score (nSPS) is 16.5. The van der Waals surface area contributed by atoms with Crippen LogP contribution < -0.4 is 4.74 Å². The maximum absolute atomic E-state index is 13.0. The molecule has 0 aromatic heterocycles. The summed E-state index contributed by atoms with van der Waals surface area (Å²) in [6.07, 6.45) is -8.25. The first-order valence-corrected chi connectivity index (χ1v) is 7.00. The van der Waals surface area contributed by atoms with Crippen molar-refractivity contribution >= 4 is 12.2 Å². The van der Waals surface area contributed by atoms with Gasteiger partial charge in [-0.3, -0.25) is 0 Å². The lowest BCUT2D eigenvalue weighted by Gasteiger charge is -2.27. The van der Waals surface area contributed by atoms with Crippen molar-refractivity contribution in [2.75, 3.05) is 0 Å². The molecule has 2 aromatic carbocycles. The Morgan fingerprint density at radius 2 is 1.72 bits per heavy atom. The SMILES string of the molecule is O=C(O)OC1=Cc2cc(-c3ccc(F)cc3)ccc2OC1C(F)(F)F.